The fourth-order valence-corrected chi connectivity index (χ4v) is 2.71. The van der Waals surface area contributed by atoms with Gasteiger partial charge in [0.25, 0.3) is 0 Å². The summed E-state index contributed by atoms with van der Waals surface area (Å²) < 4.78 is 32.7. The summed E-state index contributed by atoms with van der Waals surface area (Å²) in [7, 11) is 0. The van der Waals surface area contributed by atoms with Crippen molar-refractivity contribution >= 4 is 5.91 Å². The van der Waals surface area contributed by atoms with E-state index in [-0.39, 0.29) is 23.9 Å². The molecule has 0 aromatic heterocycles. The predicted octanol–water partition coefficient (Wildman–Crippen LogP) is 2.07. The van der Waals surface area contributed by atoms with Gasteiger partial charge in [0.1, 0.15) is 11.6 Å². The third kappa shape index (κ3) is 3.81. The van der Waals surface area contributed by atoms with Gasteiger partial charge in [-0.3, -0.25) is 4.79 Å². The molecule has 1 aromatic carbocycles. The molecule has 1 atom stereocenters. The predicted molar refractivity (Wildman–Crippen MR) is 79.0 cm³/mol. The second-order valence-corrected chi connectivity index (χ2v) is 5.53. The smallest absolute Gasteiger partial charge is 0.240 e. The van der Waals surface area contributed by atoms with Crippen LogP contribution in [0.25, 0.3) is 0 Å². The Kier molecular flexibility index (Phi) is 5.85. The molecule has 1 unspecified atom stereocenters. The van der Waals surface area contributed by atoms with Crippen LogP contribution in [0.5, 0.6) is 0 Å². The van der Waals surface area contributed by atoms with Crippen LogP contribution in [0.15, 0.2) is 18.2 Å². The Morgan fingerprint density at radius 1 is 1.36 bits per heavy atom. The number of nitrogens with two attached hydrogens (primary N) is 1. The molecule has 1 fully saturated rings. The van der Waals surface area contributed by atoms with Crippen molar-refractivity contribution in [3.63, 3.8) is 0 Å². The van der Waals surface area contributed by atoms with Crippen molar-refractivity contribution in [3.8, 4) is 0 Å². The van der Waals surface area contributed by atoms with E-state index in [2.05, 4.69) is 0 Å². The zero-order valence-corrected chi connectivity index (χ0v) is 12.7. The normalized spacial score (nSPS) is 17.3. The van der Waals surface area contributed by atoms with Gasteiger partial charge in [-0.15, -0.1) is 0 Å². The average molecular weight is 312 g/mol. The Morgan fingerprint density at radius 3 is 2.50 bits per heavy atom. The van der Waals surface area contributed by atoms with E-state index in [9.17, 15) is 13.6 Å². The number of nitrogens with zero attached hydrogens (tertiary/aromatic N) is 1. The maximum atomic E-state index is 13.7. The summed E-state index contributed by atoms with van der Waals surface area (Å²) in [5.41, 5.74) is 5.96. The molecule has 2 N–H and O–H groups in total. The molecular weight excluding hydrogens is 290 g/mol. The minimum absolute atomic E-state index is 0.0563. The van der Waals surface area contributed by atoms with Crippen molar-refractivity contribution < 1.29 is 18.3 Å². The number of carbonyl (C=O) groups is 1. The van der Waals surface area contributed by atoms with Gasteiger partial charge in [0, 0.05) is 25.3 Å². The second kappa shape index (κ2) is 7.65. The van der Waals surface area contributed by atoms with E-state index in [0.717, 1.165) is 12.8 Å². The van der Waals surface area contributed by atoms with Crippen LogP contribution in [0.2, 0.25) is 0 Å². The summed E-state index contributed by atoms with van der Waals surface area (Å²) in [6, 6.07) is 3.03. The van der Waals surface area contributed by atoms with E-state index < -0.39 is 17.7 Å². The summed E-state index contributed by atoms with van der Waals surface area (Å²) in [6.45, 7) is 3.21. The molecule has 4 nitrogen and oxygen atoms in total. The van der Waals surface area contributed by atoms with E-state index in [1.54, 1.807) is 6.92 Å². The molecule has 1 amide bonds. The maximum absolute atomic E-state index is 13.7. The number of halogens is 2. The largest absolute Gasteiger partial charge is 0.381 e. The highest BCUT2D eigenvalue weighted by Gasteiger charge is 2.30. The number of likely N-dealkylation sites (N-methyl/N-ethyl adjacent to an activating group) is 1. The zero-order chi connectivity index (χ0) is 16.1. The molecule has 0 bridgehead atoms. The van der Waals surface area contributed by atoms with E-state index in [1.807, 2.05) is 0 Å². The molecule has 22 heavy (non-hydrogen) atoms. The minimum atomic E-state index is -0.654. The fourth-order valence-electron chi connectivity index (χ4n) is 2.71. The van der Waals surface area contributed by atoms with E-state index in [1.165, 1.54) is 23.1 Å². The van der Waals surface area contributed by atoms with Gasteiger partial charge in [-0.2, -0.15) is 0 Å². The Balaban J connectivity index is 2.08. The van der Waals surface area contributed by atoms with Crippen LogP contribution >= 0.6 is 0 Å². The molecule has 0 spiro atoms. The first kappa shape index (κ1) is 16.8. The number of amides is 1. The van der Waals surface area contributed by atoms with Crippen LogP contribution < -0.4 is 5.73 Å². The van der Waals surface area contributed by atoms with Crippen LogP contribution in [0.1, 0.15) is 25.3 Å². The average Bonchev–Trinajstić information content (AvgIpc) is 2.54. The van der Waals surface area contributed by atoms with Gasteiger partial charge in [0.2, 0.25) is 5.91 Å². The highest BCUT2D eigenvalue weighted by molar-refractivity contribution is 5.82. The maximum Gasteiger partial charge on any atom is 0.240 e. The number of carbonyl (C=O) groups excluding carboxylic acids is 1. The summed E-state index contributed by atoms with van der Waals surface area (Å²) in [4.78, 5) is 13.9. The Labute approximate surface area is 129 Å². The van der Waals surface area contributed by atoms with Crippen molar-refractivity contribution in [2.45, 2.75) is 32.4 Å². The molecule has 1 heterocycles. The first-order chi connectivity index (χ1) is 10.5. The van der Waals surface area contributed by atoms with Gasteiger partial charge in [-0.25, -0.2) is 8.78 Å². The summed E-state index contributed by atoms with van der Waals surface area (Å²) in [5, 5.41) is 0. The molecule has 122 valence electrons. The second-order valence-electron chi connectivity index (χ2n) is 5.53. The van der Waals surface area contributed by atoms with Gasteiger partial charge in [-0.1, -0.05) is 6.07 Å². The van der Waals surface area contributed by atoms with Crippen molar-refractivity contribution in [1.82, 2.24) is 4.90 Å². The number of ether oxygens (including phenoxy) is 1. The highest BCUT2D eigenvalue weighted by Crippen LogP contribution is 2.21. The fraction of sp³-hybridized carbons (Fsp3) is 0.562. The monoisotopic (exact) mass is 312 g/mol. The number of benzene rings is 1. The Hall–Kier alpha value is -1.53. The SMILES string of the molecule is CCN(Cc1c(F)cccc1F)C(=O)C(N)C1CCOCC1. The van der Waals surface area contributed by atoms with Crippen LogP contribution in [0.3, 0.4) is 0 Å². The molecular formula is C16H22F2N2O2. The summed E-state index contributed by atoms with van der Waals surface area (Å²) >= 11 is 0. The van der Waals surface area contributed by atoms with Gasteiger partial charge in [-0.05, 0) is 37.8 Å². The van der Waals surface area contributed by atoms with Gasteiger partial charge < -0.3 is 15.4 Å². The van der Waals surface area contributed by atoms with Crippen LogP contribution in [-0.2, 0) is 16.1 Å². The molecule has 6 heteroatoms. The molecule has 1 aliphatic heterocycles. The first-order valence-corrected chi connectivity index (χ1v) is 7.59. The molecule has 1 saturated heterocycles. The van der Waals surface area contributed by atoms with Crippen molar-refractivity contribution in [2.75, 3.05) is 19.8 Å². The Bertz CT molecular complexity index is 499. The van der Waals surface area contributed by atoms with E-state index >= 15 is 0 Å². The minimum Gasteiger partial charge on any atom is -0.381 e. The topological polar surface area (TPSA) is 55.6 Å². The molecule has 1 aromatic rings. The van der Waals surface area contributed by atoms with Crippen molar-refractivity contribution in [1.29, 1.82) is 0 Å². The van der Waals surface area contributed by atoms with E-state index in [4.69, 9.17) is 10.5 Å². The summed E-state index contributed by atoms with van der Waals surface area (Å²) in [5.74, 6) is -1.51. The first-order valence-electron chi connectivity index (χ1n) is 7.59. The lowest BCUT2D eigenvalue weighted by molar-refractivity contribution is -0.135. The van der Waals surface area contributed by atoms with Crippen molar-refractivity contribution in [3.05, 3.63) is 35.4 Å². The quantitative estimate of drug-likeness (QED) is 0.905. The molecule has 2 rings (SSSR count). The molecule has 0 aliphatic carbocycles. The standard InChI is InChI=1S/C16H22F2N2O2/c1-2-20(10-12-13(17)4-3-5-14(12)18)16(21)15(19)11-6-8-22-9-7-11/h3-5,11,15H,2,6-10,19H2,1H3. The Morgan fingerprint density at radius 2 is 1.95 bits per heavy atom. The number of hydrogen-bond acceptors (Lipinski definition) is 3. The third-order valence-corrected chi connectivity index (χ3v) is 4.16. The molecule has 1 aliphatic rings. The van der Waals surface area contributed by atoms with Gasteiger partial charge in [0.15, 0.2) is 0 Å². The third-order valence-electron chi connectivity index (χ3n) is 4.16. The molecule has 0 saturated carbocycles. The van der Waals surface area contributed by atoms with Crippen molar-refractivity contribution in [2.24, 2.45) is 11.7 Å². The number of hydrogen-bond donors (Lipinski definition) is 1. The molecule has 0 radical (unpaired) electrons. The van der Waals surface area contributed by atoms with Crippen LogP contribution in [-0.4, -0.2) is 36.6 Å². The van der Waals surface area contributed by atoms with Crippen LogP contribution in [0, 0.1) is 17.6 Å². The lowest BCUT2D eigenvalue weighted by Crippen LogP contribution is -2.48. The van der Waals surface area contributed by atoms with Gasteiger partial charge >= 0.3 is 0 Å². The van der Waals surface area contributed by atoms with Gasteiger partial charge in [0.05, 0.1) is 12.6 Å². The highest BCUT2D eigenvalue weighted by atomic mass is 19.1. The summed E-state index contributed by atoms with van der Waals surface area (Å²) in [6.07, 6.45) is 1.47. The van der Waals surface area contributed by atoms with E-state index in [0.29, 0.717) is 19.8 Å². The number of rotatable bonds is 5. The van der Waals surface area contributed by atoms with Crippen LogP contribution in [0.4, 0.5) is 8.78 Å². The lowest BCUT2D eigenvalue weighted by atomic mass is 9.91. The zero-order valence-electron chi connectivity index (χ0n) is 12.7. The lowest BCUT2D eigenvalue weighted by Gasteiger charge is -2.31.